The predicted molar refractivity (Wildman–Crippen MR) is 75.8 cm³/mol. The fourth-order valence-corrected chi connectivity index (χ4v) is 2.79. The molecule has 1 heterocycles. The highest BCUT2D eigenvalue weighted by Gasteiger charge is 2.42. The third-order valence-corrected chi connectivity index (χ3v) is 4.45. The van der Waals surface area contributed by atoms with Gasteiger partial charge in [0.25, 0.3) is 0 Å². The van der Waals surface area contributed by atoms with E-state index in [0.717, 1.165) is 28.5 Å². The number of hydrogen-bond acceptors (Lipinski definition) is 2. The summed E-state index contributed by atoms with van der Waals surface area (Å²) in [5.41, 5.74) is 0.0746. The molecular formula is C13H12BrClN2. The minimum atomic E-state index is 0.0746. The van der Waals surface area contributed by atoms with Crippen LogP contribution in [0.4, 0.5) is 5.82 Å². The number of aromatic nitrogens is 1. The van der Waals surface area contributed by atoms with Crippen LogP contribution in [0.1, 0.15) is 12.8 Å². The van der Waals surface area contributed by atoms with E-state index in [2.05, 4.69) is 32.3 Å². The minimum Gasteiger partial charge on any atom is -0.363 e. The Balaban J connectivity index is 2.08. The van der Waals surface area contributed by atoms with Crippen LogP contribution in [0.2, 0.25) is 0 Å². The quantitative estimate of drug-likeness (QED) is 0.860. The van der Waals surface area contributed by atoms with E-state index in [-0.39, 0.29) is 5.54 Å². The van der Waals surface area contributed by atoms with Crippen molar-refractivity contribution in [1.82, 2.24) is 4.98 Å². The molecule has 0 aliphatic heterocycles. The molecule has 2 aromatic rings. The van der Waals surface area contributed by atoms with Crippen molar-refractivity contribution in [2.45, 2.75) is 18.4 Å². The largest absolute Gasteiger partial charge is 0.363 e. The SMILES string of the molecule is ClCC1(Nc2nccc3c(Br)cccc23)CC1. The van der Waals surface area contributed by atoms with Crippen LogP contribution in [-0.4, -0.2) is 16.4 Å². The van der Waals surface area contributed by atoms with E-state index in [9.17, 15) is 0 Å². The monoisotopic (exact) mass is 310 g/mol. The number of alkyl halides is 1. The first kappa shape index (κ1) is 11.3. The number of fused-ring (bicyclic) bond motifs is 1. The number of rotatable bonds is 3. The van der Waals surface area contributed by atoms with Crippen molar-refractivity contribution < 1.29 is 0 Å². The van der Waals surface area contributed by atoms with Gasteiger partial charge in [-0.15, -0.1) is 11.6 Å². The van der Waals surface area contributed by atoms with Gasteiger partial charge in [-0.25, -0.2) is 4.98 Å². The van der Waals surface area contributed by atoms with Crippen LogP contribution in [0.25, 0.3) is 10.8 Å². The Morgan fingerprint density at radius 2 is 2.12 bits per heavy atom. The van der Waals surface area contributed by atoms with Crippen LogP contribution in [0.15, 0.2) is 34.9 Å². The third kappa shape index (κ3) is 2.02. The van der Waals surface area contributed by atoms with Crippen LogP contribution in [0, 0.1) is 0 Å². The molecular weight excluding hydrogens is 300 g/mol. The smallest absolute Gasteiger partial charge is 0.134 e. The fraction of sp³-hybridized carbons (Fsp3) is 0.308. The van der Waals surface area contributed by atoms with E-state index < -0.39 is 0 Å². The molecule has 1 N–H and O–H groups in total. The van der Waals surface area contributed by atoms with Gasteiger partial charge in [-0.1, -0.05) is 28.1 Å². The fourth-order valence-electron chi connectivity index (χ4n) is 1.96. The van der Waals surface area contributed by atoms with E-state index in [1.165, 1.54) is 5.39 Å². The molecule has 88 valence electrons. The van der Waals surface area contributed by atoms with Crippen molar-refractivity contribution in [3.63, 3.8) is 0 Å². The second-order valence-electron chi connectivity index (χ2n) is 4.53. The topological polar surface area (TPSA) is 24.9 Å². The third-order valence-electron chi connectivity index (χ3n) is 3.25. The first-order valence-electron chi connectivity index (χ1n) is 5.61. The molecule has 1 aliphatic rings. The molecule has 17 heavy (non-hydrogen) atoms. The Hall–Kier alpha value is -0.800. The highest BCUT2D eigenvalue weighted by molar-refractivity contribution is 9.10. The average Bonchev–Trinajstić information content (AvgIpc) is 3.11. The molecule has 1 saturated carbocycles. The molecule has 0 radical (unpaired) electrons. The van der Waals surface area contributed by atoms with E-state index in [1.807, 2.05) is 24.4 Å². The van der Waals surface area contributed by atoms with Gasteiger partial charge in [-0.3, -0.25) is 0 Å². The van der Waals surface area contributed by atoms with Gasteiger partial charge in [-0.05, 0) is 25.0 Å². The lowest BCUT2D eigenvalue weighted by Gasteiger charge is -2.16. The Morgan fingerprint density at radius 3 is 2.82 bits per heavy atom. The first-order valence-corrected chi connectivity index (χ1v) is 6.94. The summed E-state index contributed by atoms with van der Waals surface area (Å²) < 4.78 is 1.09. The highest BCUT2D eigenvalue weighted by atomic mass is 79.9. The molecule has 0 amide bonds. The number of halogens is 2. The summed E-state index contributed by atoms with van der Waals surface area (Å²) in [7, 11) is 0. The van der Waals surface area contributed by atoms with Crippen molar-refractivity contribution in [1.29, 1.82) is 0 Å². The maximum absolute atomic E-state index is 5.99. The number of nitrogens with zero attached hydrogens (tertiary/aromatic N) is 1. The molecule has 1 fully saturated rings. The standard InChI is InChI=1S/C13H12BrClN2/c14-11-3-1-2-10-9(11)4-7-16-12(10)17-13(8-15)5-6-13/h1-4,7H,5-6,8H2,(H,16,17). The number of hydrogen-bond donors (Lipinski definition) is 1. The summed E-state index contributed by atoms with van der Waals surface area (Å²) in [6.45, 7) is 0. The van der Waals surface area contributed by atoms with Crippen molar-refractivity contribution in [3.05, 3.63) is 34.9 Å². The Kier molecular flexibility index (Phi) is 2.75. The minimum absolute atomic E-state index is 0.0746. The first-order chi connectivity index (χ1) is 8.24. The lowest BCUT2D eigenvalue weighted by molar-refractivity contribution is 0.832. The van der Waals surface area contributed by atoms with Crippen LogP contribution in [-0.2, 0) is 0 Å². The van der Waals surface area contributed by atoms with Gasteiger partial charge < -0.3 is 5.32 Å². The van der Waals surface area contributed by atoms with E-state index >= 15 is 0 Å². The molecule has 4 heteroatoms. The lowest BCUT2D eigenvalue weighted by atomic mass is 10.1. The van der Waals surface area contributed by atoms with Gasteiger partial charge in [0, 0.05) is 27.3 Å². The normalized spacial score (nSPS) is 17.1. The Labute approximate surface area is 114 Å². The van der Waals surface area contributed by atoms with E-state index in [4.69, 9.17) is 11.6 Å². The molecule has 1 aromatic heterocycles. The summed E-state index contributed by atoms with van der Waals surface area (Å²) >= 11 is 9.55. The molecule has 1 aliphatic carbocycles. The predicted octanol–water partition coefficient (Wildman–Crippen LogP) is 4.18. The Bertz CT molecular complexity index is 566. The van der Waals surface area contributed by atoms with E-state index in [0.29, 0.717) is 5.88 Å². The van der Waals surface area contributed by atoms with Crippen molar-refractivity contribution >= 4 is 44.1 Å². The molecule has 1 aromatic carbocycles. The number of anilines is 1. The summed E-state index contributed by atoms with van der Waals surface area (Å²) in [5, 5.41) is 5.80. The van der Waals surface area contributed by atoms with Crippen LogP contribution >= 0.6 is 27.5 Å². The van der Waals surface area contributed by atoms with Crippen LogP contribution < -0.4 is 5.32 Å². The van der Waals surface area contributed by atoms with Gasteiger partial charge in [0.1, 0.15) is 5.82 Å². The maximum Gasteiger partial charge on any atom is 0.134 e. The van der Waals surface area contributed by atoms with Crippen molar-refractivity contribution in [2.75, 3.05) is 11.2 Å². The second kappa shape index (κ2) is 4.14. The second-order valence-corrected chi connectivity index (χ2v) is 5.66. The van der Waals surface area contributed by atoms with Crippen LogP contribution in [0.3, 0.4) is 0 Å². The van der Waals surface area contributed by atoms with Gasteiger partial charge in [0.15, 0.2) is 0 Å². The van der Waals surface area contributed by atoms with Gasteiger partial charge in [0.05, 0.1) is 5.54 Å². The van der Waals surface area contributed by atoms with E-state index in [1.54, 1.807) is 0 Å². The van der Waals surface area contributed by atoms with Gasteiger partial charge in [-0.2, -0.15) is 0 Å². The summed E-state index contributed by atoms with van der Waals surface area (Å²) in [5.74, 6) is 1.57. The van der Waals surface area contributed by atoms with Crippen molar-refractivity contribution in [3.8, 4) is 0 Å². The lowest BCUT2D eigenvalue weighted by Crippen LogP contribution is -2.23. The van der Waals surface area contributed by atoms with Crippen molar-refractivity contribution in [2.24, 2.45) is 0 Å². The molecule has 3 rings (SSSR count). The zero-order valence-electron chi connectivity index (χ0n) is 9.21. The highest BCUT2D eigenvalue weighted by Crippen LogP contribution is 2.41. The zero-order valence-corrected chi connectivity index (χ0v) is 11.6. The van der Waals surface area contributed by atoms with Gasteiger partial charge >= 0.3 is 0 Å². The molecule has 0 atom stereocenters. The molecule has 0 saturated heterocycles. The number of nitrogens with one attached hydrogen (secondary N) is 1. The maximum atomic E-state index is 5.99. The molecule has 2 nitrogen and oxygen atoms in total. The average molecular weight is 312 g/mol. The number of benzene rings is 1. The Morgan fingerprint density at radius 1 is 1.29 bits per heavy atom. The van der Waals surface area contributed by atoms with Crippen LogP contribution in [0.5, 0.6) is 0 Å². The molecule has 0 bridgehead atoms. The molecule has 0 spiro atoms. The number of pyridine rings is 1. The summed E-state index contributed by atoms with van der Waals surface area (Å²) in [6.07, 6.45) is 4.09. The zero-order chi connectivity index (χ0) is 11.9. The summed E-state index contributed by atoms with van der Waals surface area (Å²) in [4.78, 5) is 4.43. The summed E-state index contributed by atoms with van der Waals surface area (Å²) in [6, 6.07) is 8.17. The van der Waals surface area contributed by atoms with Gasteiger partial charge in [0.2, 0.25) is 0 Å². The molecule has 0 unspecified atom stereocenters.